The van der Waals surface area contributed by atoms with Crippen LogP contribution >= 0.6 is 23.2 Å². The zero-order valence-corrected chi connectivity index (χ0v) is 25.4. The van der Waals surface area contributed by atoms with Gasteiger partial charge in [0.25, 0.3) is 0 Å². The van der Waals surface area contributed by atoms with E-state index >= 15 is 0 Å². The quantitative estimate of drug-likeness (QED) is 0.390. The first-order valence-corrected chi connectivity index (χ1v) is 16.0. The van der Waals surface area contributed by atoms with Crippen LogP contribution in [-0.2, 0) is 21.0 Å². The molecule has 2 aromatic rings. The summed E-state index contributed by atoms with van der Waals surface area (Å²) in [6, 6.07) is 9.85. The van der Waals surface area contributed by atoms with Crippen LogP contribution < -0.4 is 4.74 Å². The Labute approximate surface area is 249 Å². The van der Waals surface area contributed by atoms with Crippen LogP contribution in [-0.4, -0.2) is 86.6 Å². The fourth-order valence-corrected chi connectivity index (χ4v) is 6.69. The minimum atomic E-state index is -4.44. The SMILES string of the molecule is CC(Oc1ccc(C(F)(F)F)cc1)[C@@H]1CN(C(=O)CN2CCC(N(C)S(C)(=O)=O)CC2)C[C@H]1c1ccc(Cl)c(Cl)c1. The molecule has 13 heteroatoms. The normalized spacial score (nSPS) is 21.8. The molecule has 2 fully saturated rings. The summed E-state index contributed by atoms with van der Waals surface area (Å²) in [5, 5.41) is 0.808. The van der Waals surface area contributed by atoms with Gasteiger partial charge in [0.05, 0.1) is 28.4 Å². The Morgan fingerprint density at radius 2 is 1.71 bits per heavy atom. The van der Waals surface area contributed by atoms with Crippen LogP contribution in [0.15, 0.2) is 42.5 Å². The number of hydrogen-bond donors (Lipinski definition) is 0. The van der Waals surface area contributed by atoms with Crippen molar-refractivity contribution in [2.24, 2.45) is 5.92 Å². The molecule has 1 unspecified atom stereocenters. The van der Waals surface area contributed by atoms with E-state index in [4.69, 9.17) is 27.9 Å². The number of piperidine rings is 1. The summed E-state index contributed by atoms with van der Waals surface area (Å²) >= 11 is 12.4. The lowest BCUT2D eigenvalue weighted by Crippen LogP contribution is -2.48. The lowest BCUT2D eigenvalue weighted by Gasteiger charge is -2.35. The molecule has 0 radical (unpaired) electrons. The maximum atomic E-state index is 13.4. The van der Waals surface area contributed by atoms with E-state index in [9.17, 15) is 26.4 Å². The first-order valence-electron chi connectivity index (χ1n) is 13.4. The minimum absolute atomic E-state index is 0.0470. The third kappa shape index (κ3) is 7.87. The number of rotatable bonds is 8. The number of likely N-dealkylation sites (tertiary alicyclic amines) is 2. The summed E-state index contributed by atoms with van der Waals surface area (Å²) in [5.41, 5.74) is 0.142. The van der Waals surface area contributed by atoms with E-state index < -0.39 is 27.9 Å². The van der Waals surface area contributed by atoms with Crippen LogP contribution in [0.25, 0.3) is 0 Å². The number of sulfonamides is 1. The van der Waals surface area contributed by atoms with Crippen molar-refractivity contribution in [3.63, 3.8) is 0 Å². The number of carbonyl (C=O) groups is 1. The van der Waals surface area contributed by atoms with Crippen molar-refractivity contribution in [3.8, 4) is 5.75 Å². The molecular weight excluding hydrogens is 602 g/mol. The van der Waals surface area contributed by atoms with Gasteiger partial charge in [-0.05, 0) is 61.7 Å². The molecule has 2 aromatic carbocycles. The van der Waals surface area contributed by atoms with Crippen LogP contribution in [0.3, 0.4) is 0 Å². The van der Waals surface area contributed by atoms with Gasteiger partial charge in [0, 0.05) is 51.1 Å². The molecule has 7 nitrogen and oxygen atoms in total. The molecule has 0 aromatic heterocycles. The van der Waals surface area contributed by atoms with Gasteiger partial charge in [-0.2, -0.15) is 13.2 Å². The van der Waals surface area contributed by atoms with Crippen LogP contribution in [0, 0.1) is 5.92 Å². The molecule has 0 spiro atoms. The maximum absolute atomic E-state index is 13.4. The first-order chi connectivity index (χ1) is 19.1. The fraction of sp³-hybridized carbons (Fsp3) is 0.536. The van der Waals surface area contributed by atoms with Gasteiger partial charge in [0.15, 0.2) is 0 Å². The Morgan fingerprint density at radius 1 is 1.07 bits per heavy atom. The molecule has 3 atom stereocenters. The number of hydrogen-bond acceptors (Lipinski definition) is 5. The Morgan fingerprint density at radius 3 is 2.27 bits per heavy atom. The molecule has 1 amide bonds. The van der Waals surface area contributed by atoms with E-state index in [0.717, 1.165) is 17.7 Å². The second-order valence-corrected chi connectivity index (χ2v) is 13.7. The highest BCUT2D eigenvalue weighted by molar-refractivity contribution is 7.88. The Bertz CT molecular complexity index is 1340. The smallest absolute Gasteiger partial charge is 0.416 e. The van der Waals surface area contributed by atoms with E-state index in [1.165, 1.54) is 22.7 Å². The van der Waals surface area contributed by atoms with Crippen LogP contribution in [0.2, 0.25) is 10.0 Å². The summed E-state index contributed by atoms with van der Waals surface area (Å²) in [6.45, 7) is 4.11. The molecule has 0 N–H and O–H groups in total. The van der Waals surface area contributed by atoms with Gasteiger partial charge >= 0.3 is 6.18 Å². The zero-order valence-electron chi connectivity index (χ0n) is 23.1. The molecule has 2 heterocycles. The molecule has 0 bridgehead atoms. The van der Waals surface area contributed by atoms with Gasteiger partial charge in [-0.1, -0.05) is 29.3 Å². The van der Waals surface area contributed by atoms with Crippen molar-refractivity contribution < 1.29 is 31.1 Å². The molecule has 2 saturated heterocycles. The number of alkyl halides is 3. The Balaban J connectivity index is 1.45. The number of nitrogens with zero attached hydrogens (tertiary/aromatic N) is 3. The van der Waals surface area contributed by atoms with E-state index in [1.54, 1.807) is 24.1 Å². The molecule has 4 rings (SSSR count). The molecule has 226 valence electrons. The molecule has 0 aliphatic carbocycles. The van der Waals surface area contributed by atoms with Gasteiger partial charge in [-0.25, -0.2) is 12.7 Å². The number of ether oxygens (including phenoxy) is 1. The minimum Gasteiger partial charge on any atom is -0.490 e. The third-order valence-corrected chi connectivity index (χ3v) is 10.2. The van der Waals surface area contributed by atoms with Crippen molar-refractivity contribution in [1.29, 1.82) is 0 Å². The predicted molar refractivity (Wildman–Crippen MR) is 153 cm³/mol. The monoisotopic (exact) mass is 635 g/mol. The number of halogens is 5. The topological polar surface area (TPSA) is 70.2 Å². The summed E-state index contributed by atoms with van der Waals surface area (Å²) in [7, 11) is -1.69. The average Bonchev–Trinajstić information content (AvgIpc) is 3.36. The second kappa shape index (κ2) is 12.7. The lowest BCUT2D eigenvalue weighted by atomic mass is 9.85. The van der Waals surface area contributed by atoms with Gasteiger partial charge in [-0.3, -0.25) is 9.69 Å². The third-order valence-electron chi connectivity index (χ3n) is 8.15. The average molecular weight is 637 g/mol. The standard InChI is InChI=1S/C28H34Cl2F3N3O4S/c1-18(40-22-7-5-20(6-8-22)28(31,32)33)23-15-36(16-24(23)19-4-9-25(29)26(30)14-19)27(37)17-35-12-10-21(11-13-35)34(2)41(3,38)39/h4-9,14,18,21,23-24H,10-13,15-17H2,1-3H3/t18?,23-,24-/m0/s1. The summed E-state index contributed by atoms with van der Waals surface area (Å²) in [5.74, 6) is -0.0285. The van der Waals surface area contributed by atoms with E-state index in [2.05, 4.69) is 0 Å². The van der Waals surface area contributed by atoms with Crippen LogP contribution in [0.5, 0.6) is 5.75 Å². The van der Waals surface area contributed by atoms with Crippen LogP contribution in [0.4, 0.5) is 13.2 Å². The molecule has 41 heavy (non-hydrogen) atoms. The first kappa shape index (κ1) is 31.9. The van der Waals surface area contributed by atoms with Crippen molar-refractivity contribution in [2.45, 2.75) is 44.0 Å². The Kier molecular flexibility index (Phi) is 9.85. The van der Waals surface area contributed by atoms with E-state index in [-0.39, 0.29) is 30.3 Å². The van der Waals surface area contributed by atoms with Gasteiger partial charge < -0.3 is 9.64 Å². The number of benzene rings is 2. The largest absolute Gasteiger partial charge is 0.490 e. The van der Waals surface area contributed by atoms with Crippen molar-refractivity contribution >= 4 is 39.1 Å². The predicted octanol–water partition coefficient (Wildman–Crippen LogP) is 5.38. The zero-order chi connectivity index (χ0) is 30.1. The molecule has 0 saturated carbocycles. The summed E-state index contributed by atoms with van der Waals surface area (Å²) < 4.78 is 70.2. The van der Waals surface area contributed by atoms with Crippen LogP contribution in [0.1, 0.15) is 36.8 Å². The fourth-order valence-electron chi connectivity index (χ4n) is 5.63. The van der Waals surface area contributed by atoms with Crippen molar-refractivity contribution in [3.05, 3.63) is 63.6 Å². The number of carbonyl (C=O) groups excluding carboxylic acids is 1. The highest BCUT2D eigenvalue weighted by atomic mass is 35.5. The Hall–Kier alpha value is -2.05. The van der Waals surface area contributed by atoms with Gasteiger partial charge in [0.1, 0.15) is 11.9 Å². The summed E-state index contributed by atoms with van der Waals surface area (Å²) in [6.07, 6.45) is -2.38. The van der Waals surface area contributed by atoms with E-state index in [1.807, 2.05) is 17.9 Å². The highest BCUT2D eigenvalue weighted by Gasteiger charge is 2.41. The molecule has 2 aliphatic rings. The van der Waals surface area contributed by atoms with Gasteiger partial charge in [0.2, 0.25) is 15.9 Å². The molecule has 2 aliphatic heterocycles. The number of amides is 1. The highest BCUT2D eigenvalue weighted by Crippen LogP contribution is 2.39. The lowest BCUT2D eigenvalue weighted by molar-refractivity contribution is -0.137. The summed E-state index contributed by atoms with van der Waals surface area (Å²) in [4.78, 5) is 17.3. The van der Waals surface area contributed by atoms with E-state index in [0.29, 0.717) is 54.8 Å². The molecular formula is C28H34Cl2F3N3O4S. The van der Waals surface area contributed by atoms with Gasteiger partial charge in [-0.15, -0.1) is 0 Å². The second-order valence-electron chi connectivity index (χ2n) is 10.9. The van der Waals surface area contributed by atoms with Crippen molar-refractivity contribution in [2.75, 3.05) is 46.0 Å². The maximum Gasteiger partial charge on any atom is 0.416 e. The van der Waals surface area contributed by atoms with Crippen molar-refractivity contribution in [1.82, 2.24) is 14.1 Å².